The summed E-state index contributed by atoms with van der Waals surface area (Å²) in [4.78, 5) is 17.7. The van der Waals surface area contributed by atoms with Crippen LogP contribution in [0.2, 0.25) is 5.02 Å². The topological polar surface area (TPSA) is 70.1 Å². The Labute approximate surface area is 170 Å². The molecule has 2 aromatic heterocycles. The van der Waals surface area contributed by atoms with Crippen LogP contribution >= 0.6 is 11.6 Å². The quantitative estimate of drug-likeness (QED) is 0.599. The molecule has 6 heteroatoms. The predicted octanol–water partition coefficient (Wildman–Crippen LogP) is 4.84. The van der Waals surface area contributed by atoms with Crippen LogP contribution in [0.1, 0.15) is 45.9 Å². The maximum atomic E-state index is 13.3. The predicted molar refractivity (Wildman–Crippen MR) is 117 cm³/mol. The van der Waals surface area contributed by atoms with E-state index < -0.39 is 0 Å². The summed E-state index contributed by atoms with van der Waals surface area (Å²) >= 11 is 6.51. The second kappa shape index (κ2) is 8.10. The van der Waals surface area contributed by atoms with E-state index in [4.69, 9.17) is 22.1 Å². The number of aryl methyl sites for hydroxylation is 1. The number of hydrogen-bond acceptors (Lipinski definition) is 4. The van der Waals surface area contributed by atoms with Gasteiger partial charge in [0.2, 0.25) is 0 Å². The van der Waals surface area contributed by atoms with Crippen molar-refractivity contribution in [3.05, 3.63) is 45.5 Å². The minimum Gasteiger partial charge on any atom is -0.492 e. The molecule has 150 valence electrons. The average Bonchev–Trinajstić information content (AvgIpc) is 2.60. The van der Waals surface area contributed by atoms with Crippen LogP contribution in [0.4, 0.5) is 0 Å². The lowest BCUT2D eigenvalue weighted by Crippen LogP contribution is -2.24. The molecule has 3 rings (SSSR count). The summed E-state index contributed by atoms with van der Waals surface area (Å²) in [7, 11) is 0. The van der Waals surface area contributed by atoms with Gasteiger partial charge in [-0.15, -0.1) is 0 Å². The molecule has 2 N–H and O–H groups in total. The molecule has 0 aliphatic carbocycles. The molecule has 0 aliphatic rings. The molecule has 0 saturated carbocycles. The Bertz CT molecular complexity index is 1070. The Kier molecular flexibility index (Phi) is 5.96. The molecule has 0 radical (unpaired) electrons. The first-order chi connectivity index (χ1) is 13.2. The van der Waals surface area contributed by atoms with E-state index in [0.717, 1.165) is 28.4 Å². The lowest BCUT2D eigenvalue weighted by atomic mass is 10.0. The van der Waals surface area contributed by atoms with Crippen molar-refractivity contribution in [3.63, 3.8) is 0 Å². The third kappa shape index (κ3) is 3.87. The first-order valence-corrected chi connectivity index (χ1v) is 10.1. The molecule has 5 nitrogen and oxygen atoms in total. The Balaban J connectivity index is 2.17. The monoisotopic (exact) mass is 401 g/mol. The van der Waals surface area contributed by atoms with E-state index in [2.05, 4.69) is 11.9 Å². The van der Waals surface area contributed by atoms with Gasteiger partial charge in [-0.3, -0.25) is 9.78 Å². The summed E-state index contributed by atoms with van der Waals surface area (Å²) in [6.45, 7) is 10.5. The highest BCUT2D eigenvalue weighted by atomic mass is 35.5. The Morgan fingerprint density at radius 3 is 2.54 bits per heavy atom. The lowest BCUT2D eigenvalue weighted by molar-refractivity contribution is 0.247. The Morgan fingerprint density at radius 2 is 1.89 bits per heavy atom. The summed E-state index contributed by atoms with van der Waals surface area (Å²) in [6, 6.07) is 5.66. The highest BCUT2D eigenvalue weighted by molar-refractivity contribution is 6.33. The average molecular weight is 402 g/mol. The number of hydrogen-bond donors (Lipinski definition) is 1. The highest BCUT2D eigenvalue weighted by Crippen LogP contribution is 2.34. The molecule has 2 heterocycles. The number of fused-ring (bicyclic) bond motifs is 3. The summed E-state index contributed by atoms with van der Waals surface area (Å²) in [6.07, 6.45) is 2.63. The third-order valence-electron chi connectivity index (χ3n) is 4.97. The van der Waals surface area contributed by atoms with Crippen molar-refractivity contribution in [2.24, 2.45) is 11.7 Å². The fraction of sp³-hybridized carbons (Fsp3) is 0.455. The number of pyridine rings is 2. The molecule has 0 saturated heterocycles. The number of nitrogens with zero attached hydrogens (tertiary/aromatic N) is 2. The summed E-state index contributed by atoms with van der Waals surface area (Å²) in [5, 5.41) is 2.89. The minimum atomic E-state index is -0.0567. The normalized spacial score (nSPS) is 14.0. The van der Waals surface area contributed by atoms with E-state index in [1.165, 1.54) is 0 Å². The number of nitrogens with two attached hydrogens (primary N) is 1. The molecule has 1 aromatic carbocycles. The number of halogens is 1. The van der Waals surface area contributed by atoms with Gasteiger partial charge in [0.25, 0.3) is 5.56 Å². The first kappa shape index (κ1) is 20.6. The van der Waals surface area contributed by atoms with Crippen molar-refractivity contribution in [2.45, 2.75) is 53.1 Å². The molecule has 2 atom stereocenters. The molecule has 0 amide bonds. The van der Waals surface area contributed by atoms with E-state index in [0.29, 0.717) is 28.7 Å². The van der Waals surface area contributed by atoms with Gasteiger partial charge in [0.15, 0.2) is 0 Å². The maximum absolute atomic E-state index is 13.3. The number of rotatable bonds is 6. The second-order valence-electron chi connectivity index (χ2n) is 8.02. The van der Waals surface area contributed by atoms with Crippen molar-refractivity contribution < 1.29 is 4.74 Å². The second-order valence-corrected chi connectivity index (χ2v) is 8.43. The zero-order valence-corrected chi connectivity index (χ0v) is 17.9. The van der Waals surface area contributed by atoms with Crippen molar-refractivity contribution in [3.8, 4) is 5.75 Å². The molecule has 0 aliphatic heterocycles. The maximum Gasteiger partial charge on any atom is 0.259 e. The number of ether oxygens (including phenoxy) is 1. The van der Waals surface area contributed by atoms with Gasteiger partial charge in [0.05, 0.1) is 28.2 Å². The molecule has 3 aromatic rings. The van der Waals surface area contributed by atoms with Crippen molar-refractivity contribution >= 4 is 33.3 Å². The Morgan fingerprint density at radius 1 is 1.18 bits per heavy atom. The SMILES string of the molecule is Cc1nccc2c3cc(Cl)c(OCC(C)CC(C)N)cc3c(=O)n(C(C)C)c12. The van der Waals surface area contributed by atoms with Gasteiger partial charge in [-0.1, -0.05) is 18.5 Å². The van der Waals surface area contributed by atoms with Gasteiger partial charge in [-0.2, -0.15) is 0 Å². The van der Waals surface area contributed by atoms with Gasteiger partial charge in [-0.25, -0.2) is 0 Å². The zero-order chi connectivity index (χ0) is 20.6. The number of benzene rings is 1. The van der Waals surface area contributed by atoms with E-state index in [1.54, 1.807) is 16.8 Å². The summed E-state index contributed by atoms with van der Waals surface area (Å²) < 4.78 is 7.75. The van der Waals surface area contributed by atoms with Crippen molar-refractivity contribution in [1.82, 2.24) is 9.55 Å². The van der Waals surface area contributed by atoms with Crippen molar-refractivity contribution in [1.29, 1.82) is 0 Å². The molecule has 0 spiro atoms. The molecule has 28 heavy (non-hydrogen) atoms. The Hall–Kier alpha value is -2.11. The van der Waals surface area contributed by atoms with Crippen LogP contribution in [0.3, 0.4) is 0 Å². The smallest absolute Gasteiger partial charge is 0.259 e. The molecular formula is C22H28ClN3O2. The highest BCUT2D eigenvalue weighted by Gasteiger charge is 2.18. The van der Waals surface area contributed by atoms with Crippen LogP contribution < -0.4 is 16.0 Å². The minimum absolute atomic E-state index is 0.00779. The van der Waals surface area contributed by atoms with Crippen LogP contribution in [-0.4, -0.2) is 22.2 Å². The summed E-state index contributed by atoms with van der Waals surface area (Å²) in [5.74, 6) is 0.827. The fourth-order valence-electron chi connectivity index (χ4n) is 3.80. The molecule has 0 fully saturated rings. The zero-order valence-electron chi connectivity index (χ0n) is 17.1. The lowest BCUT2D eigenvalue weighted by Gasteiger charge is -2.19. The van der Waals surface area contributed by atoms with Gasteiger partial charge in [0.1, 0.15) is 5.75 Å². The van der Waals surface area contributed by atoms with Crippen LogP contribution in [-0.2, 0) is 0 Å². The fourth-order valence-corrected chi connectivity index (χ4v) is 4.02. The molecule has 0 bridgehead atoms. The van der Waals surface area contributed by atoms with Crippen LogP contribution in [0.15, 0.2) is 29.2 Å². The van der Waals surface area contributed by atoms with Gasteiger partial charge in [0, 0.05) is 23.7 Å². The largest absolute Gasteiger partial charge is 0.492 e. The summed E-state index contributed by atoms with van der Waals surface area (Å²) in [5.41, 5.74) is 7.49. The molecular weight excluding hydrogens is 374 g/mol. The van der Waals surface area contributed by atoms with Gasteiger partial charge in [-0.05, 0) is 63.6 Å². The van der Waals surface area contributed by atoms with Crippen LogP contribution in [0.25, 0.3) is 21.7 Å². The first-order valence-electron chi connectivity index (χ1n) is 9.72. The third-order valence-corrected chi connectivity index (χ3v) is 5.27. The van der Waals surface area contributed by atoms with E-state index >= 15 is 0 Å². The van der Waals surface area contributed by atoms with E-state index in [9.17, 15) is 4.79 Å². The standard InChI is InChI=1S/C22H28ClN3O2/c1-12(2)26-21-15(5)25-7-6-16(21)17-9-19(23)20(10-18(17)22(26)27)28-11-13(3)8-14(4)24/h6-7,9-10,12-14H,8,11,24H2,1-5H3. The van der Waals surface area contributed by atoms with Gasteiger partial charge < -0.3 is 15.0 Å². The van der Waals surface area contributed by atoms with E-state index in [1.807, 2.05) is 39.8 Å². The van der Waals surface area contributed by atoms with Crippen LogP contribution in [0.5, 0.6) is 5.75 Å². The molecule has 2 unspecified atom stereocenters. The van der Waals surface area contributed by atoms with Gasteiger partial charge >= 0.3 is 0 Å². The van der Waals surface area contributed by atoms with Crippen LogP contribution in [0, 0.1) is 12.8 Å². The van der Waals surface area contributed by atoms with E-state index in [-0.39, 0.29) is 17.6 Å². The number of aromatic nitrogens is 2. The van der Waals surface area contributed by atoms with Crippen molar-refractivity contribution in [2.75, 3.05) is 6.61 Å².